The Hall–Kier alpha value is -2.34. The zero-order valence-corrected chi connectivity index (χ0v) is 14.1. The van der Waals surface area contributed by atoms with E-state index < -0.39 is 0 Å². The maximum atomic E-state index is 12.4. The molecule has 0 unspecified atom stereocenters. The van der Waals surface area contributed by atoms with Crippen LogP contribution in [0.2, 0.25) is 0 Å². The minimum Gasteiger partial charge on any atom is -0.508 e. The van der Waals surface area contributed by atoms with Gasteiger partial charge in [0.1, 0.15) is 5.75 Å². The highest BCUT2D eigenvalue weighted by molar-refractivity contribution is 7.09. The fourth-order valence-corrected chi connectivity index (χ4v) is 3.54. The molecule has 0 spiro atoms. The fourth-order valence-electron chi connectivity index (χ4n) is 2.90. The summed E-state index contributed by atoms with van der Waals surface area (Å²) in [7, 11) is 0. The smallest absolute Gasteiger partial charge is 0.253 e. The first-order chi connectivity index (χ1) is 11.6. The second-order valence-corrected chi connectivity index (χ2v) is 6.95. The van der Waals surface area contributed by atoms with Crippen LogP contribution in [0.1, 0.15) is 28.1 Å². The summed E-state index contributed by atoms with van der Waals surface area (Å²) in [5.41, 5.74) is 0.482. The van der Waals surface area contributed by atoms with Crippen molar-refractivity contribution in [1.29, 1.82) is 0 Å². The van der Waals surface area contributed by atoms with Crippen LogP contribution in [0.5, 0.6) is 5.75 Å². The molecule has 1 aliphatic rings. The van der Waals surface area contributed by atoms with Crippen LogP contribution >= 0.6 is 11.3 Å². The van der Waals surface area contributed by atoms with Crippen molar-refractivity contribution in [3.63, 3.8) is 0 Å². The average molecular weight is 344 g/mol. The van der Waals surface area contributed by atoms with Crippen molar-refractivity contribution in [1.82, 2.24) is 10.2 Å². The number of aromatic hydroxyl groups is 1. The van der Waals surface area contributed by atoms with Crippen LogP contribution in [0, 0.1) is 5.92 Å². The standard InChI is InChI=1S/C18H20N2O3S/c21-15-4-1-3-14(11-15)18(23)20-8-6-13(7-9-20)17(22)19-12-16-5-2-10-24-16/h1-5,10-11,13,21H,6-9,12H2,(H,19,22). The van der Waals surface area contributed by atoms with E-state index in [2.05, 4.69) is 5.32 Å². The Morgan fingerprint density at radius 2 is 2.00 bits per heavy atom. The lowest BCUT2D eigenvalue weighted by Gasteiger charge is -2.31. The highest BCUT2D eigenvalue weighted by Gasteiger charge is 2.27. The fraction of sp³-hybridized carbons (Fsp3) is 0.333. The molecule has 24 heavy (non-hydrogen) atoms. The van der Waals surface area contributed by atoms with Crippen LogP contribution in [0.15, 0.2) is 41.8 Å². The lowest BCUT2D eigenvalue weighted by atomic mass is 9.95. The summed E-state index contributed by atoms with van der Waals surface area (Å²) in [5.74, 6) is 0.0121. The number of carbonyl (C=O) groups is 2. The predicted molar refractivity (Wildman–Crippen MR) is 92.9 cm³/mol. The minimum absolute atomic E-state index is 0.0433. The van der Waals surface area contributed by atoms with Crippen molar-refractivity contribution in [3.8, 4) is 5.75 Å². The molecule has 0 atom stereocenters. The minimum atomic E-state index is -0.0941. The van der Waals surface area contributed by atoms with E-state index in [0.29, 0.717) is 38.0 Å². The van der Waals surface area contributed by atoms with E-state index in [9.17, 15) is 14.7 Å². The second-order valence-electron chi connectivity index (χ2n) is 5.91. The molecule has 2 amide bonds. The number of benzene rings is 1. The Labute approximate surface area is 144 Å². The van der Waals surface area contributed by atoms with Crippen molar-refractivity contribution in [3.05, 3.63) is 52.2 Å². The number of hydrogen-bond acceptors (Lipinski definition) is 4. The Balaban J connectivity index is 1.50. The number of amides is 2. The summed E-state index contributed by atoms with van der Waals surface area (Å²) in [5, 5.41) is 14.5. The van der Waals surface area contributed by atoms with E-state index in [0.717, 1.165) is 4.88 Å². The van der Waals surface area contributed by atoms with Gasteiger partial charge in [-0.25, -0.2) is 0 Å². The molecular weight excluding hydrogens is 324 g/mol. The number of phenols is 1. The van der Waals surface area contributed by atoms with E-state index in [1.165, 1.54) is 6.07 Å². The van der Waals surface area contributed by atoms with Gasteiger partial charge in [-0.2, -0.15) is 0 Å². The van der Waals surface area contributed by atoms with Gasteiger partial charge in [0, 0.05) is 29.4 Å². The van der Waals surface area contributed by atoms with E-state index >= 15 is 0 Å². The molecular formula is C18H20N2O3S. The number of nitrogens with zero attached hydrogens (tertiary/aromatic N) is 1. The molecule has 5 nitrogen and oxygen atoms in total. The monoisotopic (exact) mass is 344 g/mol. The Morgan fingerprint density at radius 1 is 1.21 bits per heavy atom. The van der Waals surface area contributed by atoms with Crippen LogP contribution in [-0.2, 0) is 11.3 Å². The number of rotatable bonds is 4. The van der Waals surface area contributed by atoms with Crippen LogP contribution in [0.3, 0.4) is 0 Å². The summed E-state index contributed by atoms with van der Waals surface area (Å²) in [6.45, 7) is 1.69. The maximum Gasteiger partial charge on any atom is 0.253 e. The van der Waals surface area contributed by atoms with Gasteiger partial charge < -0.3 is 15.3 Å². The SMILES string of the molecule is O=C(NCc1cccs1)C1CCN(C(=O)c2cccc(O)c2)CC1. The number of hydrogen-bond donors (Lipinski definition) is 2. The molecule has 0 aliphatic carbocycles. The summed E-state index contributed by atoms with van der Waals surface area (Å²) in [4.78, 5) is 27.6. The number of nitrogens with one attached hydrogen (secondary N) is 1. The zero-order valence-electron chi connectivity index (χ0n) is 13.3. The number of phenolic OH excluding ortho intramolecular Hbond substituents is 1. The zero-order chi connectivity index (χ0) is 16.9. The van der Waals surface area contributed by atoms with Crippen LogP contribution in [-0.4, -0.2) is 34.9 Å². The number of thiophene rings is 1. The summed E-state index contributed by atoms with van der Waals surface area (Å²) in [6.07, 6.45) is 1.33. The van der Waals surface area contributed by atoms with Crippen LogP contribution < -0.4 is 5.32 Å². The third kappa shape index (κ3) is 3.94. The van der Waals surface area contributed by atoms with E-state index in [-0.39, 0.29) is 23.5 Å². The van der Waals surface area contributed by atoms with Crippen LogP contribution in [0.4, 0.5) is 0 Å². The van der Waals surface area contributed by atoms with E-state index in [4.69, 9.17) is 0 Å². The molecule has 3 rings (SSSR count). The van der Waals surface area contributed by atoms with Crippen molar-refractivity contribution >= 4 is 23.2 Å². The molecule has 2 heterocycles. The number of piperidine rings is 1. The van der Waals surface area contributed by atoms with Gasteiger partial charge in [0.2, 0.25) is 5.91 Å². The van der Waals surface area contributed by atoms with Gasteiger partial charge in [-0.1, -0.05) is 12.1 Å². The number of likely N-dealkylation sites (tertiary alicyclic amines) is 1. The number of carbonyl (C=O) groups excluding carboxylic acids is 2. The van der Waals surface area contributed by atoms with Crippen molar-refractivity contribution in [2.45, 2.75) is 19.4 Å². The third-order valence-corrected chi connectivity index (χ3v) is 5.14. The molecule has 1 saturated heterocycles. The first-order valence-corrected chi connectivity index (χ1v) is 8.90. The second kappa shape index (κ2) is 7.49. The summed E-state index contributed by atoms with van der Waals surface area (Å²) < 4.78 is 0. The summed E-state index contributed by atoms with van der Waals surface area (Å²) >= 11 is 1.63. The molecule has 6 heteroatoms. The van der Waals surface area contributed by atoms with Gasteiger partial charge in [0.25, 0.3) is 5.91 Å². The van der Waals surface area contributed by atoms with Crippen molar-refractivity contribution in [2.24, 2.45) is 5.92 Å². The molecule has 2 N–H and O–H groups in total. The first-order valence-electron chi connectivity index (χ1n) is 8.02. The molecule has 0 saturated carbocycles. The van der Waals surface area contributed by atoms with Gasteiger partial charge in [0.05, 0.1) is 6.54 Å². The summed E-state index contributed by atoms with van der Waals surface area (Å²) in [6, 6.07) is 10.3. The van der Waals surface area contributed by atoms with Crippen molar-refractivity contribution < 1.29 is 14.7 Å². The quantitative estimate of drug-likeness (QED) is 0.896. The molecule has 0 bridgehead atoms. The largest absolute Gasteiger partial charge is 0.508 e. The lowest BCUT2D eigenvalue weighted by Crippen LogP contribution is -2.42. The van der Waals surface area contributed by atoms with Gasteiger partial charge >= 0.3 is 0 Å². The van der Waals surface area contributed by atoms with Gasteiger partial charge in [-0.3, -0.25) is 9.59 Å². The predicted octanol–water partition coefficient (Wildman–Crippen LogP) is 2.62. The lowest BCUT2D eigenvalue weighted by molar-refractivity contribution is -0.126. The average Bonchev–Trinajstić information content (AvgIpc) is 3.13. The molecule has 126 valence electrons. The maximum absolute atomic E-state index is 12.4. The molecule has 1 aliphatic heterocycles. The van der Waals surface area contributed by atoms with Crippen molar-refractivity contribution in [2.75, 3.05) is 13.1 Å². The molecule has 0 radical (unpaired) electrons. The van der Waals surface area contributed by atoms with E-state index in [1.54, 1.807) is 34.4 Å². The first kappa shape index (κ1) is 16.5. The van der Waals surface area contributed by atoms with Gasteiger partial charge in [0.15, 0.2) is 0 Å². The molecule has 1 aromatic carbocycles. The van der Waals surface area contributed by atoms with Gasteiger partial charge in [-0.05, 0) is 42.5 Å². The molecule has 1 fully saturated rings. The van der Waals surface area contributed by atoms with Crippen LogP contribution in [0.25, 0.3) is 0 Å². The highest BCUT2D eigenvalue weighted by Crippen LogP contribution is 2.21. The third-order valence-electron chi connectivity index (χ3n) is 4.26. The molecule has 1 aromatic heterocycles. The van der Waals surface area contributed by atoms with E-state index in [1.807, 2.05) is 17.5 Å². The topological polar surface area (TPSA) is 69.6 Å². The molecule has 2 aromatic rings. The normalized spacial score (nSPS) is 15.2. The Bertz CT molecular complexity index is 707. The van der Waals surface area contributed by atoms with Gasteiger partial charge in [-0.15, -0.1) is 11.3 Å². The Kier molecular flexibility index (Phi) is 5.15. The highest BCUT2D eigenvalue weighted by atomic mass is 32.1. The Morgan fingerprint density at radius 3 is 2.67 bits per heavy atom.